The SMILES string of the molecule is [CH2]Sc1nc(CS(=O)(=O)O)n[nH]1. The minimum Gasteiger partial charge on any atom is -0.285 e. The lowest BCUT2D eigenvalue weighted by Gasteiger charge is -1.87. The maximum Gasteiger partial charge on any atom is 0.272 e. The fourth-order valence-electron chi connectivity index (χ4n) is 0.572. The molecular formula is C4H6N3O3S2. The van der Waals surface area contributed by atoms with Gasteiger partial charge in [0.15, 0.2) is 11.0 Å². The second-order valence-corrected chi connectivity index (χ2v) is 4.06. The highest BCUT2D eigenvalue weighted by Gasteiger charge is 2.10. The van der Waals surface area contributed by atoms with Crippen LogP contribution in [0.4, 0.5) is 0 Å². The van der Waals surface area contributed by atoms with Crippen molar-refractivity contribution in [3.05, 3.63) is 12.1 Å². The van der Waals surface area contributed by atoms with Crippen molar-refractivity contribution in [1.82, 2.24) is 15.2 Å². The molecule has 0 aliphatic carbocycles. The van der Waals surface area contributed by atoms with Crippen LogP contribution in [0.3, 0.4) is 0 Å². The lowest BCUT2D eigenvalue weighted by molar-refractivity contribution is 0.481. The number of aromatic amines is 1. The molecule has 0 saturated heterocycles. The average Bonchev–Trinajstić information content (AvgIpc) is 2.32. The van der Waals surface area contributed by atoms with Crippen molar-refractivity contribution in [2.75, 3.05) is 0 Å². The molecule has 0 fully saturated rings. The third-order valence-corrected chi connectivity index (χ3v) is 2.04. The Morgan fingerprint density at radius 3 is 2.75 bits per heavy atom. The topological polar surface area (TPSA) is 95.9 Å². The molecule has 0 atom stereocenters. The predicted octanol–water partition coefficient (Wildman–Crippen LogP) is 0.0762. The highest BCUT2D eigenvalue weighted by Crippen LogP contribution is 2.09. The monoisotopic (exact) mass is 208 g/mol. The third-order valence-electron chi connectivity index (χ3n) is 0.959. The van der Waals surface area contributed by atoms with Crippen molar-refractivity contribution in [1.29, 1.82) is 0 Å². The Hall–Kier alpha value is -0.600. The molecule has 0 unspecified atom stereocenters. The van der Waals surface area contributed by atoms with Crippen LogP contribution in [0.25, 0.3) is 0 Å². The zero-order valence-corrected chi connectivity index (χ0v) is 7.52. The number of thioether (sulfide) groups is 1. The van der Waals surface area contributed by atoms with E-state index in [1.165, 1.54) is 0 Å². The Morgan fingerprint density at radius 1 is 1.67 bits per heavy atom. The van der Waals surface area contributed by atoms with Crippen LogP contribution in [0.1, 0.15) is 5.82 Å². The second-order valence-electron chi connectivity index (χ2n) is 1.93. The number of H-pyrrole nitrogens is 1. The summed E-state index contributed by atoms with van der Waals surface area (Å²) in [4.78, 5) is 3.71. The molecule has 0 bridgehead atoms. The first-order valence-corrected chi connectivity index (χ1v) is 5.39. The van der Waals surface area contributed by atoms with Crippen molar-refractivity contribution < 1.29 is 13.0 Å². The van der Waals surface area contributed by atoms with Crippen LogP contribution in [0, 0.1) is 6.26 Å². The molecule has 8 heteroatoms. The van der Waals surface area contributed by atoms with Crippen LogP contribution in [0.2, 0.25) is 0 Å². The Balaban J connectivity index is 2.78. The van der Waals surface area contributed by atoms with Gasteiger partial charge in [-0.05, 0) is 0 Å². The predicted molar refractivity (Wildman–Crippen MR) is 42.8 cm³/mol. The molecular weight excluding hydrogens is 202 g/mol. The zero-order chi connectivity index (χ0) is 9.19. The number of aromatic nitrogens is 3. The van der Waals surface area contributed by atoms with Crippen molar-refractivity contribution in [3.63, 3.8) is 0 Å². The zero-order valence-electron chi connectivity index (χ0n) is 5.89. The molecule has 0 amide bonds. The van der Waals surface area contributed by atoms with Gasteiger partial charge in [0.2, 0.25) is 0 Å². The molecule has 2 N–H and O–H groups in total. The van der Waals surface area contributed by atoms with Gasteiger partial charge in [-0.3, -0.25) is 9.65 Å². The van der Waals surface area contributed by atoms with E-state index in [0.29, 0.717) is 5.16 Å². The van der Waals surface area contributed by atoms with E-state index < -0.39 is 15.9 Å². The van der Waals surface area contributed by atoms with Crippen LogP contribution >= 0.6 is 11.8 Å². The minimum atomic E-state index is -4.05. The highest BCUT2D eigenvalue weighted by atomic mass is 32.2. The third kappa shape index (κ3) is 2.80. The molecule has 1 radical (unpaired) electrons. The number of hydrogen-bond donors (Lipinski definition) is 2. The largest absolute Gasteiger partial charge is 0.285 e. The molecule has 0 aromatic carbocycles. The maximum atomic E-state index is 10.3. The number of nitrogens with zero attached hydrogens (tertiary/aromatic N) is 2. The van der Waals surface area contributed by atoms with E-state index in [4.69, 9.17) is 4.55 Å². The van der Waals surface area contributed by atoms with E-state index in [1.807, 2.05) is 0 Å². The van der Waals surface area contributed by atoms with Gasteiger partial charge in [0.05, 0.1) is 0 Å². The quantitative estimate of drug-likeness (QED) is 0.539. The van der Waals surface area contributed by atoms with Gasteiger partial charge in [0.1, 0.15) is 5.75 Å². The van der Waals surface area contributed by atoms with Crippen molar-refractivity contribution in [3.8, 4) is 0 Å². The smallest absolute Gasteiger partial charge is 0.272 e. The fourth-order valence-corrected chi connectivity index (χ4v) is 1.31. The average molecular weight is 208 g/mol. The van der Waals surface area contributed by atoms with Crippen LogP contribution < -0.4 is 0 Å². The van der Waals surface area contributed by atoms with Gasteiger partial charge in [-0.25, -0.2) is 4.98 Å². The van der Waals surface area contributed by atoms with E-state index in [2.05, 4.69) is 21.4 Å². The number of hydrogen-bond acceptors (Lipinski definition) is 5. The molecule has 0 spiro atoms. The molecule has 0 aliphatic rings. The van der Waals surface area contributed by atoms with Gasteiger partial charge in [-0.1, -0.05) is 11.8 Å². The number of nitrogens with one attached hydrogen (secondary N) is 1. The lowest BCUT2D eigenvalue weighted by atomic mass is 10.7. The summed E-state index contributed by atoms with van der Waals surface area (Å²) in [6.45, 7) is 0. The first kappa shape index (κ1) is 9.49. The normalized spacial score (nSPS) is 11.8. The van der Waals surface area contributed by atoms with Gasteiger partial charge in [-0.15, -0.1) is 0 Å². The van der Waals surface area contributed by atoms with E-state index in [0.717, 1.165) is 11.8 Å². The standard InChI is InChI=1S/C4H6N3O3S2/c1-11-4-5-3(6-7-4)2-12(8,9)10/h1-2H2,(H,5,6,7)(H,8,9,10). The molecule has 1 aromatic rings. The fraction of sp³-hybridized carbons (Fsp3) is 0.250. The van der Waals surface area contributed by atoms with Crippen LogP contribution in [-0.4, -0.2) is 28.2 Å². The van der Waals surface area contributed by atoms with Gasteiger partial charge >= 0.3 is 0 Å². The Kier molecular flexibility index (Phi) is 2.70. The molecule has 1 rings (SSSR count). The van der Waals surface area contributed by atoms with Crippen molar-refractivity contribution in [2.24, 2.45) is 0 Å². The summed E-state index contributed by atoms with van der Waals surface area (Å²) in [5.41, 5.74) is 0. The Morgan fingerprint density at radius 2 is 2.33 bits per heavy atom. The molecule has 12 heavy (non-hydrogen) atoms. The van der Waals surface area contributed by atoms with Gasteiger partial charge < -0.3 is 0 Å². The van der Waals surface area contributed by atoms with Crippen molar-refractivity contribution in [2.45, 2.75) is 10.9 Å². The summed E-state index contributed by atoms with van der Waals surface area (Å²) < 4.78 is 29.1. The summed E-state index contributed by atoms with van der Waals surface area (Å²) in [6, 6.07) is 0. The van der Waals surface area contributed by atoms with Crippen LogP contribution in [0.15, 0.2) is 5.16 Å². The Bertz CT molecular complexity index is 357. The Labute approximate surface area is 73.5 Å². The van der Waals surface area contributed by atoms with E-state index in [-0.39, 0.29) is 5.82 Å². The summed E-state index contributed by atoms with van der Waals surface area (Å²) in [5, 5.41) is 6.39. The summed E-state index contributed by atoms with van der Waals surface area (Å²) in [7, 11) is -4.05. The van der Waals surface area contributed by atoms with Crippen LogP contribution in [0.5, 0.6) is 0 Å². The first-order valence-electron chi connectivity index (χ1n) is 2.80. The van der Waals surface area contributed by atoms with Gasteiger partial charge in [0.25, 0.3) is 10.1 Å². The van der Waals surface area contributed by atoms with Gasteiger partial charge in [-0.2, -0.15) is 13.5 Å². The number of rotatable bonds is 3. The maximum absolute atomic E-state index is 10.3. The lowest BCUT2D eigenvalue weighted by Crippen LogP contribution is -2.02. The van der Waals surface area contributed by atoms with Gasteiger partial charge in [0, 0.05) is 6.26 Å². The molecule has 6 nitrogen and oxygen atoms in total. The van der Waals surface area contributed by atoms with Crippen molar-refractivity contribution >= 4 is 21.9 Å². The van der Waals surface area contributed by atoms with E-state index in [1.54, 1.807) is 0 Å². The molecule has 0 saturated carbocycles. The van der Waals surface area contributed by atoms with E-state index in [9.17, 15) is 8.42 Å². The van der Waals surface area contributed by atoms with Crippen LogP contribution in [-0.2, 0) is 15.9 Å². The summed E-state index contributed by atoms with van der Waals surface area (Å²) >= 11 is 1.06. The highest BCUT2D eigenvalue weighted by molar-refractivity contribution is 8.00. The first-order chi connectivity index (χ1) is 5.51. The molecule has 1 aromatic heterocycles. The molecule has 1 heterocycles. The van der Waals surface area contributed by atoms with E-state index >= 15 is 0 Å². The second kappa shape index (κ2) is 3.42. The summed E-state index contributed by atoms with van der Waals surface area (Å²) in [6.07, 6.45) is 3.44. The minimum absolute atomic E-state index is 0.0312. The molecule has 67 valence electrons. The molecule has 0 aliphatic heterocycles. The summed E-state index contributed by atoms with van der Waals surface area (Å²) in [5.74, 6) is -0.548.